The molecule has 1 aliphatic carbocycles. The predicted octanol–water partition coefficient (Wildman–Crippen LogP) is 3.36. The second-order valence-electron chi connectivity index (χ2n) is 11.0. The molecule has 3 amide bonds. The summed E-state index contributed by atoms with van der Waals surface area (Å²) in [6.45, 7) is 8.29. The second-order valence-corrected chi connectivity index (χ2v) is 11.0. The van der Waals surface area contributed by atoms with Crippen LogP contribution in [-0.2, 0) is 25.5 Å². The molecule has 1 saturated carbocycles. The van der Waals surface area contributed by atoms with Crippen molar-refractivity contribution >= 4 is 23.9 Å². The number of carbonyl (C=O) groups is 4. The number of alkyl carbamates (subject to hydrolysis) is 1. The summed E-state index contributed by atoms with van der Waals surface area (Å²) in [5, 5.41) is 15.2. The van der Waals surface area contributed by atoms with Gasteiger partial charge in [0.05, 0.1) is 0 Å². The summed E-state index contributed by atoms with van der Waals surface area (Å²) in [5.41, 5.74) is 0.0139. The molecule has 0 radical (unpaired) electrons. The van der Waals surface area contributed by atoms with Crippen molar-refractivity contribution in [2.45, 2.75) is 95.7 Å². The van der Waals surface area contributed by atoms with Gasteiger partial charge in [0, 0.05) is 32.4 Å². The fraction of sp³-hybridized carbons (Fsp3) is 0.630. The van der Waals surface area contributed by atoms with Crippen LogP contribution in [0.1, 0.15) is 83.3 Å². The minimum Gasteiger partial charge on any atom is -0.480 e. The van der Waals surface area contributed by atoms with Crippen LogP contribution in [0.2, 0.25) is 0 Å². The average molecular weight is 502 g/mol. The number of aliphatic carboxylic acids is 1. The Labute approximate surface area is 212 Å². The lowest BCUT2D eigenvalue weighted by atomic mass is 9.89. The molecule has 2 unspecified atom stereocenters. The first-order valence-electron chi connectivity index (χ1n) is 12.8. The highest BCUT2D eigenvalue weighted by Gasteiger charge is 2.44. The molecule has 3 rings (SSSR count). The van der Waals surface area contributed by atoms with Gasteiger partial charge in [-0.3, -0.25) is 9.59 Å². The summed E-state index contributed by atoms with van der Waals surface area (Å²) < 4.78 is 5.34. The van der Waals surface area contributed by atoms with Crippen LogP contribution in [0.15, 0.2) is 24.3 Å². The van der Waals surface area contributed by atoms with E-state index in [1.807, 2.05) is 29.2 Å². The molecule has 36 heavy (non-hydrogen) atoms. The van der Waals surface area contributed by atoms with Crippen LogP contribution < -0.4 is 10.6 Å². The van der Waals surface area contributed by atoms with Crippen molar-refractivity contribution in [3.05, 3.63) is 35.4 Å². The van der Waals surface area contributed by atoms with E-state index in [0.717, 1.165) is 43.4 Å². The Morgan fingerprint density at radius 1 is 1.11 bits per heavy atom. The van der Waals surface area contributed by atoms with Gasteiger partial charge in [0.2, 0.25) is 11.8 Å². The topological polar surface area (TPSA) is 125 Å². The van der Waals surface area contributed by atoms with Gasteiger partial charge < -0.3 is 25.4 Å². The lowest BCUT2D eigenvalue weighted by molar-refractivity contribution is -0.142. The predicted molar refractivity (Wildman–Crippen MR) is 135 cm³/mol. The van der Waals surface area contributed by atoms with Gasteiger partial charge in [-0.2, -0.15) is 0 Å². The van der Waals surface area contributed by atoms with Crippen molar-refractivity contribution in [3.63, 3.8) is 0 Å². The largest absolute Gasteiger partial charge is 0.480 e. The van der Waals surface area contributed by atoms with Crippen LogP contribution in [-0.4, -0.2) is 64.2 Å². The minimum absolute atomic E-state index is 0.0811. The monoisotopic (exact) mass is 501 g/mol. The third-order valence-electron chi connectivity index (χ3n) is 6.99. The zero-order chi connectivity index (χ0) is 26.5. The molecular weight excluding hydrogens is 462 g/mol. The standard InChI is InChI=1S/C27H39N3O6/c1-18(31)30-15-7-8-21(17-30)20-11-9-19(10-12-20)16-22(23(32)33)28-24(34)27(13-5-6-14-27)29-25(35)36-26(2,3)4/h9-12,21-22H,5-8,13-17H2,1-4H3,(H,28,34)(H,29,35)(H,32,33). The number of rotatable bonds is 7. The number of hydrogen-bond donors (Lipinski definition) is 3. The van der Waals surface area contributed by atoms with Crippen LogP contribution in [0.5, 0.6) is 0 Å². The molecule has 1 heterocycles. The highest BCUT2D eigenvalue weighted by atomic mass is 16.6. The van der Waals surface area contributed by atoms with E-state index in [0.29, 0.717) is 19.4 Å². The quantitative estimate of drug-likeness (QED) is 0.526. The maximum absolute atomic E-state index is 13.2. The maximum Gasteiger partial charge on any atom is 0.408 e. The summed E-state index contributed by atoms with van der Waals surface area (Å²) in [7, 11) is 0. The fourth-order valence-corrected chi connectivity index (χ4v) is 5.08. The van der Waals surface area contributed by atoms with Crippen molar-refractivity contribution in [3.8, 4) is 0 Å². The summed E-state index contributed by atoms with van der Waals surface area (Å²) in [4.78, 5) is 51.3. The number of nitrogens with zero attached hydrogens (tertiary/aromatic N) is 1. The van der Waals surface area contributed by atoms with Crippen LogP contribution in [0.4, 0.5) is 4.79 Å². The number of piperidine rings is 1. The van der Waals surface area contributed by atoms with Gasteiger partial charge in [0.1, 0.15) is 17.2 Å². The van der Waals surface area contributed by atoms with Gasteiger partial charge in [0.25, 0.3) is 0 Å². The number of carbonyl (C=O) groups excluding carboxylic acids is 3. The molecule has 198 valence electrons. The second kappa shape index (κ2) is 11.3. The first kappa shape index (κ1) is 27.5. The average Bonchev–Trinajstić information content (AvgIpc) is 3.27. The molecule has 1 aromatic rings. The molecule has 2 fully saturated rings. The fourth-order valence-electron chi connectivity index (χ4n) is 5.08. The van der Waals surface area contributed by atoms with Crippen molar-refractivity contribution in [2.75, 3.05) is 13.1 Å². The van der Waals surface area contributed by atoms with E-state index < -0.39 is 35.2 Å². The van der Waals surface area contributed by atoms with E-state index in [-0.39, 0.29) is 18.2 Å². The number of hydrogen-bond acceptors (Lipinski definition) is 5. The third-order valence-corrected chi connectivity index (χ3v) is 6.99. The SMILES string of the molecule is CC(=O)N1CCCC(c2ccc(CC(NC(=O)C3(NC(=O)OC(C)(C)C)CCCC3)C(=O)O)cc2)C1. The van der Waals surface area contributed by atoms with E-state index in [1.54, 1.807) is 27.7 Å². The third kappa shape index (κ3) is 7.21. The molecule has 1 aromatic carbocycles. The van der Waals surface area contributed by atoms with Crippen LogP contribution >= 0.6 is 0 Å². The van der Waals surface area contributed by atoms with E-state index in [2.05, 4.69) is 10.6 Å². The number of carboxylic acid groups (broad SMARTS) is 1. The van der Waals surface area contributed by atoms with Crippen LogP contribution in [0.25, 0.3) is 0 Å². The van der Waals surface area contributed by atoms with E-state index in [1.165, 1.54) is 0 Å². The first-order chi connectivity index (χ1) is 16.9. The number of nitrogens with one attached hydrogen (secondary N) is 2. The van der Waals surface area contributed by atoms with Gasteiger partial charge in [-0.25, -0.2) is 9.59 Å². The minimum atomic E-state index is -1.18. The Balaban J connectivity index is 1.66. The Bertz CT molecular complexity index is 963. The van der Waals surface area contributed by atoms with Gasteiger partial charge >= 0.3 is 12.1 Å². The molecule has 1 aliphatic heterocycles. The number of benzene rings is 1. The molecule has 0 bridgehead atoms. The highest BCUT2D eigenvalue weighted by molar-refractivity contribution is 5.93. The molecule has 0 aromatic heterocycles. The van der Waals surface area contributed by atoms with E-state index in [4.69, 9.17) is 4.74 Å². The number of likely N-dealkylation sites (tertiary alicyclic amines) is 1. The Kier molecular flexibility index (Phi) is 8.63. The molecule has 2 atom stereocenters. The normalized spacial score (nSPS) is 20.3. The van der Waals surface area contributed by atoms with Gasteiger partial charge in [-0.05, 0) is 57.6 Å². The summed E-state index contributed by atoms with van der Waals surface area (Å²) in [6, 6.07) is 6.59. The number of ether oxygens (including phenoxy) is 1. The van der Waals surface area contributed by atoms with Crippen molar-refractivity contribution in [1.82, 2.24) is 15.5 Å². The zero-order valence-corrected chi connectivity index (χ0v) is 21.8. The van der Waals surface area contributed by atoms with E-state index in [9.17, 15) is 24.3 Å². The molecule has 0 spiro atoms. The smallest absolute Gasteiger partial charge is 0.408 e. The summed E-state index contributed by atoms with van der Waals surface area (Å²) in [6.07, 6.45) is 3.76. The molecule has 9 nitrogen and oxygen atoms in total. The number of amides is 3. The molecule has 3 N–H and O–H groups in total. The molecule has 1 saturated heterocycles. The Hall–Kier alpha value is -3.10. The summed E-state index contributed by atoms with van der Waals surface area (Å²) >= 11 is 0. The zero-order valence-electron chi connectivity index (χ0n) is 21.8. The van der Waals surface area contributed by atoms with Crippen LogP contribution in [0.3, 0.4) is 0 Å². The van der Waals surface area contributed by atoms with Crippen molar-refractivity contribution in [1.29, 1.82) is 0 Å². The maximum atomic E-state index is 13.2. The highest BCUT2D eigenvalue weighted by Crippen LogP contribution is 2.31. The molecular formula is C27H39N3O6. The Morgan fingerprint density at radius 3 is 2.31 bits per heavy atom. The van der Waals surface area contributed by atoms with Gasteiger partial charge in [0.15, 0.2) is 0 Å². The van der Waals surface area contributed by atoms with E-state index >= 15 is 0 Å². The summed E-state index contributed by atoms with van der Waals surface area (Å²) in [5.74, 6) is -1.30. The van der Waals surface area contributed by atoms with Gasteiger partial charge in [-0.1, -0.05) is 37.1 Å². The lowest BCUT2D eigenvalue weighted by Gasteiger charge is -2.32. The van der Waals surface area contributed by atoms with Crippen molar-refractivity contribution in [2.24, 2.45) is 0 Å². The lowest BCUT2D eigenvalue weighted by Crippen LogP contribution is -2.60. The number of carboxylic acids is 1. The molecule has 2 aliphatic rings. The Morgan fingerprint density at radius 2 is 1.75 bits per heavy atom. The first-order valence-corrected chi connectivity index (χ1v) is 12.8. The van der Waals surface area contributed by atoms with Crippen LogP contribution in [0, 0.1) is 0 Å². The van der Waals surface area contributed by atoms with Crippen molar-refractivity contribution < 1.29 is 29.0 Å². The molecule has 9 heteroatoms. The van der Waals surface area contributed by atoms with Gasteiger partial charge in [-0.15, -0.1) is 0 Å².